The topological polar surface area (TPSA) is 106 Å². The van der Waals surface area contributed by atoms with Gasteiger partial charge in [0.1, 0.15) is 4.88 Å². The van der Waals surface area contributed by atoms with Crippen molar-refractivity contribution in [2.24, 2.45) is 0 Å². The van der Waals surface area contributed by atoms with Gasteiger partial charge in [-0.05, 0) is 25.8 Å². The van der Waals surface area contributed by atoms with E-state index >= 15 is 0 Å². The second-order valence-corrected chi connectivity index (χ2v) is 5.78. The molecule has 106 valence electrons. The van der Waals surface area contributed by atoms with Gasteiger partial charge in [-0.25, -0.2) is 0 Å². The number of hydrogen-bond donors (Lipinski definition) is 3. The van der Waals surface area contributed by atoms with Crippen molar-refractivity contribution in [2.75, 3.05) is 11.1 Å². The van der Waals surface area contributed by atoms with Crippen molar-refractivity contribution in [3.05, 3.63) is 22.7 Å². The largest absolute Gasteiger partial charge is 0.397 e. The predicted molar refractivity (Wildman–Crippen MR) is 75.6 cm³/mol. The highest BCUT2D eigenvalue weighted by Gasteiger charge is 2.25. The van der Waals surface area contributed by atoms with Crippen molar-refractivity contribution < 1.29 is 9.32 Å². The minimum Gasteiger partial charge on any atom is -0.397 e. The van der Waals surface area contributed by atoms with Crippen LogP contribution in [0.3, 0.4) is 0 Å². The summed E-state index contributed by atoms with van der Waals surface area (Å²) in [5, 5.41) is 10.6. The van der Waals surface area contributed by atoms with Gasteiger partial charge in [-0.1, -0.05) is 5.16 Å². The quantitative estimate of drug-likeness (QED) is 0.772. The summed E-state index contributed by atoms with van der Waals surface area (Å²) in [7, 11) is 0. The van der Waals surface area contributed by atoms with E-state index < -0.39 is 0 Å². The molecule has 2 heterocycles. The molecule has 0 saturated heterocycles. The highest BCUT2D eigenvalue weighted by Crippen LogP contribution is 2.30. The maximum absolute atomic E-state index is 12.0. The van der Waals surface area contributed by atoms with Crippen LogP contribution < -0.4 is 16.4 Å². The lowest BCUT2D eigenvalue weighted by Gasteiger charge is -2.00. The summed E-state index contributed by atoms with van der Waals surface area (Å²) in [6, 6.07) is 2.07. The number of nitrogens with zero attached hydrogens (tertiary/aromatic N) is 2. The number of aromatic nitrogens is 2. The lowest BCUT2D eigenvalue weighted by Crippen LogP contribution is -2.25. The highest BCUT2D eigenvalue weighted by molar-refractivity contribution is 7.18. The SMILES string of the molecule is Cc1noc(CNc2cc(N)c(C(=O)NC3CC3)s2)n1. The summed E-state index contributed by atoms with van der Waals surface area (Å²) in [6.45, 7) is 2.17. The molecule has 1 saturated carbocycles. The molecule has 0 atom stereocenters. The molecule has 2 aromatic rings. The summed E-state index contributed by atoms with van der Waals surface area (Å²) < 4.78 is 5.00. The molecule has 1 aliphatic carbocycles. The number of carbonyl (C=O) groups excluding carboxylic acids is 1. The zero-order valence-electron chi connectivity index (χ0n) is 11.0. The molecule has 0 aliphatic heterocycles. The van der Waals surface area contributed by atoms with E-state index in [1.807, 2.05) is 0 Å². The molecule has 0 spiro atoms. The van der Waals surface area contributed by atoms with Gasteiger partial charge >= 0.3 is 0 Å². The summed E-state index contributed by atoms with van der Waals surface area (Å²) >= 11 is 1.33. The number of anilines is 2. The number of aryl methyl sites for hydroxylation is 1. The molecular formula is C12H15N5O2S. The van der Waals surface area contributed by atoms with Crippen LogP contribution in [0.4, 0.5) is 10.7 Å². The van der Waals surface area contributed by atoms with Crippen LogP contribution in [0.15, 0.2) is 10.6 Å². The Balaban J connectivity index is 1.63. The lowest BCUT2D eigenvalue weighted by atomic mass is 10.3. The van der Waals surface area contributed by atoms with Gasteiger partial charge in [-0.3, -0.25) is 4.79 Å². The monoisotopic (exact) mass is 293 g/mol. The van der Waals surface area contributed by atoms with E-state index in [1.54, 1.807) is 13.0 Å². The average Bonchev–Trinajstić information content (AvgIpc) is 2.98. The van der Waals surface area contributed by atoms with Crippen molar-refractivity contribution in [2.45, 2.75) is 32.4 Å². The van der Waals surface area contributed by atoms with E-state index in [0.29, 0.717) is 34.9 Å². The first-order valence-corrected chi connectivity index (χ1v) is 7.16. The average molecular weight is 293 g/mol. The lowest BCUT2D eigenvalue weighted by molar-refractivity contribution is 0.0956. The number of nitrogen functional groups attached to an aromatic ring is 1. The molecule has 0 aromatic carbocycles. The van der Waals surface area contributed by atoms with Crippen molar-refractivity contribution in [3.8, 4) is 0 Å². The normalized spacial score (nSPS) is 14.2. The third-order valence-corrected chi connectivity index (χ3v) is 3.97. The Morgan fingerprint density at radius 1 is 1.60 bits per heavy atom. The molecule has 7 nitrogen and oxygen atoms in total. The van der Waals surface area contributed by atoms with E-state index in [2.05, 4.69) is 20.8 Å². The summed E-state index contributed by atoms with van der Waals surface area (Å²) in [6.07, 6.45) is 2.11. The van der Waals surface area contributed by atoms with Gasteiger partial charge in [0, 0.05) is 6.04 Å². The van der Waals surface area contributed by atoms with Crippen LogP contribution in [0, 0.1) is 6.92 Å². The number of rotatable bonds is 5. The number of amides is 1. The first kappa shape index (κ1) is 12.9. The molecule has 2 aromatic heterocycles. The molecule has 0 bridgehead atoms. The Morgan fingerprint density at radius 3 is 3.05 bits per heavy atom. The van der Waals surface area contributed by atoms with Crippen molar-refractivity contribution in [1.29, 1.82) is 0 Å². The predicted octanol–water partition coefficient (Wildman–Crippen LogP) is 1.53. The Bertz CT molecular complexity index is 632. The third-order valence-electron chi connectivity index (χ3n) is 2.86. The van der Waals surface area contributed by atoms with E-state index in [9.17, 15) is 4.79 Å². The van der Waals surface area contributed by atoms with E-state index in [0.717, 1.165) is 17.8 Å². The molecule has 1 fully saturated rings. The van der Waals surface area contributed by atoms with Crippen LogP contribution in [0.5, 0.6) is 0 Å². The van der Waals surface area contributed by atoms with Crippen LogP contribution in [-0.2, 0) is 6.54 Å². The minimum absolute atomic E-state index is 0.100. The second-order valence-electron chi connectivity index (χ2n) is 4.73. The maximum Gasteiger partial charge on any atom is 0.263 e. The molecule has 0 radical (unpaired) electrons. The zero-order chi connectivity index (χ0) is 14.1. The fraction of sp³-hybridized carbons (Fsp3) is 0.417. The molecule has 1 amide bonds. The van der Waals surface area contributed by atoms with E-state index in [1.165, 1.54) is 11.3 Å². The smallest absolute Gasteiger partial charge is 0.263 e. The highest BCUT2D eigenvalue weighted by atomic mass is 32.1. The molecule has 4 N–H and O–H groups in total. The van der Waals surface area contributed by atoms with Gasteiger partial charge in [-0.15, -0.1) is 11.3 Å². The van der Waals surface area contributed by atoms with Crippen LogP contribution in [0.2, 0.25) is 0 Å². The number of hydrogen-bond acceptors (Lipinski definition) is 7. The van der Waals surface area contributed by atoms with Gasteiger partial charge < -0.3 is 20.9 Å². The van der Waals surface area contributed by atoms with E-state index in [-0.39, 0.29) is 5.91 Å². The first-order valence-electron chi connectivity index (χ1n) is 6.35. The first-order chi connectivity index (χ1) is 9.61. The molecule has 0 unspecified atom stereocenters. The fourth-order valence-electron chi connectivity index (χ4n) is 1.72. The molecular weight excluding hydrogens is 278 g/mol. The summed E-state index contributed by atoms with van der Waals surface area (Å²) in [5.41, 5.74) is 6.35. The molecule has 8 heteroatoms. The Labute approximate surface area is 119 Å². The summed E-state index contributed by atoms with van der Waals surface area (Å²) in [4.78, 5) is 16.6. The maximum atomic E-state index is 12.0. The van der Waals surface area contributed by atoms with Crippen LogP contribution >= 0.6 is 11.3 Å². The number of nitrogens with two attached hydrogens (primary N) is 1. The third kappa shape index (κ3) is 2.90. The molecule has 3 rings (SSSR count). The molecule has 20 heavy (non-hydrogen) atoms. The Morgan fingerprint density at radius 2 is 2.40 bits per heavy atom. The van der Waals surface area contributed by atoms with Gasteiger partial charge in [0.15, 0.2) is 5.82 Å². The van der Waals surface area contributed by atoms with Gasteiger partial charge in [-0.2, -0.15) is 4.98 Å². The van der Waals surface area contributed by atoms with Crippen molar-refractivity contribution in [3.63, 3.8) is 0 Å². The van der Waals surface area contributed by atoms with Crippen molar-refractivity contribution in [1.82, 2.24) is 15.5 Å². The van der Waals surface area contributed by atoms with Gasteiger partial charge in [0.25, 0.3) is 5.91 Å². The number of nitrogens with one attached hydrogen (secondary N) is 2. The van der Waals surface area contributed by atoms with Crippen LogP contribution in [0.1, 0.15) is 34.2 Å². The van der Waals surface area contributed by atoms with Crippen molar-refractivity contribution >= 4 is 27.9 Å². The van der Waals surface area contributed by atoms with Gasteiger partial charge in [0.05, 0.1) is 17.2 Å². The Hall–Kier alpha value is -2.09. The van der Waals surface area contributed by atoms with Crippen LogP contribution in [-0.4, -0.2) is 22.1 Å². The van der Waals surface area contributed by atoms with Crippen LogP contribution in [0.25, 0.3) is 0 Å². The number of thiophene rings is 1. The Kier molecular flexibility index (Phi) is 3.31. The van der Waals surface area contributed by atoms with Gasteiger partial charge in [0.2, 0.25) is 5.89 Å². The minimum atomic E-state index is -0.100. The zero-order valence-corrected chi connectivity index (χ0v) is 11.8. The fourth-order valence-corrected chi connectivity index (χ4v) is 2.60. The van der Waals surface area contributed by atoms with E-state index in [4.69, 9.17) is 10.3 Å². The second kappa shape index (κ2) is 5.12. The number of carbonyl (C=O) groups is 1. The molecule has 1 aliphatic rings. The standard InChI is InChI=1S/C12H15N5O2S/c1-6-15-9(19-17-6)5-14-10-4-8(13)11(20-10)12(18)16-7-2-3-7/h4,7,14H,2-3,5,13H2,1H3,(H,16,18). The summed E-state index contributed by atoms with van der Waals surface area (Å²) in [5.74, 6) is 0.993.